The fraction of sp³-hybridized carbons (Fsp3) is 0.316. The molecule has 0 heterocycles. The van der Waals surface area contributed by atoms with Crippen molar-refractivity contribution in [1.29, 1.82) is 0 Å². The molecule has 2 aromatic carbocycles. The highest BCUT2D eigenvalue weighted by Crippen LogP contribution is 2.32. The van der Waals surface area contributed by atoms with E-state index in [1.165, 1.54) is 5.56 Å². The van der Waals surface area contributed by atoms with Crippen molar-refractivity contribution in [2.75, 3.05) is 6.61 Å². The summed E-state index contributed by atoms with van der Waals surface area (Å²) < 4.78 is 11.7. The van der Waals surface area contributed by atoms with Gasteiger partial charge in [-0.15, -0.1) is 0 Å². The summed E-state index contributed by atoms with van der Waals surface area (Å²) in [7, 11) is 0. The standard InChI is InChI=1S/C19H21BrO3/c1-5-22-15-8-6-7-13(11-15)18(21)23-17-10-9-14(12-16(17)20)19(2,3)4/h6-12H,5H2,1-4H3. The molecule has 3 nitrogen and oxygen atoms in total. The third kappa shape index (κ3) is 4.58. The molecule has 0 aromatic heterocycles. The van der Waals surface area contributed by atoms with E-state index in [1.807, 2.05) is 31.2 Å². The van der Waals surface area contributed by atoms with Crippen LogP contribution in [0.4, 0.5) is 0 Å². The Kier molecular flexibility index (Phi) is 5.47. The zero-order valence-electron chi connectivity index (χ0n) is 13.9. The van der Waals surface area contributed by atoms with Crippen LogP contribution in [0.3, 0.4) is 0 Å². The topological polar surface area (TPSA) is 35.5 Å². The number of ether oxygens (including phenoxy) is 2. The fourth-order valence-electron chi connectivity index (χ4n) is 2.09. The summed E-state index contributed by atoms with van der Waals surface area (Å²) in [6.07, 6.45) is 0. The molecule has 122 valence electrons. The highest BCUT2D eigenvalue weighted by atomic mass is 79.9. The third-order valence-corrected chi connectivity index (χ3v) is 4.00. The van der Waals surface area contributed by atoms with Crippen molar-refractivity contribution in [2.45, 2.75) is 33.1 Å². The second-order valence-electron chi connectivity index (χ2n) is 6.25. The Morgan fingerprint density at radius 3 is 2.48 bits per heavy atom. The van der Waals surface area contributed by atoms with E-state index >= 15 is 0 Å². The smallest absolute Gasteiger partial charge is 0.343 e. The predicted octanol–water partition coefficient (Wildman–Crippen LogP) is 5.36. The lowest BCUT2D eigenvalue weighted by atomic mass is 9.87. The molecule has 2 aromatic rings. The van der Waals surface area contributed by atoms with Crippen LogP contribution in [0.25, 0.3) is 0 Å². The van der Waals surface area contributed by atoms with Crippen LogP contribution in [0.1, 0.15) is 43.6 Å². The number of benzene rings is 2. The van der Waals surface area contributed by atoms with Gasteiger partial charge in [0.15, 0.2) is 0 Å². The van der Waals surface area contributed by atoms with Crippen molar-refractivity contribution in [2.24, 2.45) is 0 Å². The first-order valence-electron chi connectivity index (χ1n) is 7.56. The van der Waals surface area contributed by atoms with Crippen LogP contribution in [0.15, 0.2) is 46.9 Å². The van der Waals surface area contributed by atoms with Gasteiger partial charge < -0.3 is 9.47 Å². The second kappa shape index (κ2) is 7.18. The number of halogens is 1. The SMILES string of the molecule is CCOc1cccc(C(=O)Oc2ccc(C(C)(C)C)cc2Br)c1. The lowest BCUT2D eigenvalue weighted by molar-refractivity contribution is 0.0733. The maximum atomic E-state index is 12.3. The van der Waals surface area contributed by atoms with Gasteiger partial charge in [-0.05, 0) is 64.2 Å². The molecule has 0 spiro atoms. The van der Waals surface area contributed by atoms with Crippen LogP contribution >= 0.6 is 15.9 Å². The largest absolute Gasteiger partial charge is 0.494 e. The summed E-state index contributed by atoms with van der Waals surface area (Å²) in [5, 5.41) is 0. The fourth-order valence-corrected chi connectivity index (χ4v) is 2.55. The first-order chi connectivity index (χ1) is 10.8. The van der Waals surface area contributed by atoms with E-state index in [0.717, 1.165) is 4.47 Å². The number of carbonyl (C=O) groups excluding carboxylic acids is 1. The molecular weight excluding hydrogens is 356 g/mol. The van der Waals surface area contributed by atoms with Crippen molar-refractivity contribution in [3.05, 3.63) is 58.1 Å². The normalized spacial score (nSPS) is 11.2. The monoisotopic (exact) mass is 376 g/mol. The molecule has 0 aliphatic heterocycles. The summed E-state index contributed by atoms with van der Waals surface area (Å²) in [4.78, 5) is 12.3. The number of hydrogen-bond donors (Lipinski definition) is 0. The third-order valence-electron chi connectivity index (χ3n) is 3.38. The Morgan fingerprint density at radius 1 is 1.13 bits per heavy atom. The summed E-state index contributed by atoms with van der Waals surface area (Å²) in [5.74, 6) is 0.754. The Morgan fingerprint density at radius 2 is 1.87 bits per heavy atom. The molecule has 0 bridgehead atoms. The van der Waals surface area contributed by atoms with Crippen molar-refractivity contribution in [3.63, 3.8) is 0 Å². The lowest BCUT2D eigenvalue weighted by Crippen LogP contribution is -2.12. The van der Waals surface area contributed by atoms with E-state index < -0.39 is 5.97 Å². The summed E-state index contributed by atoms with van der Waals surface area (Å²) in [6, 6.07) is 12.8. The first kappa shape index (κ1) is 17.5. The van der Waals surface area contributed by atoms with Gasteiger partial charge in [-0.1, -0.05) is 32.9 Å². The van der Waals surface area contributed by atoms with Gasteiger partial charge in [0.2, 0.25) is 0 Å². The second-order valence-corrected chi connectivity index (χ2v) is 7.10. The molecule has 0 saturated heterocycles. The number of esters is 1. The van der Waals surface area contributed by atoms with Crippen molar-refractivity contribution >= 4 is 21.9 Å². The Labute approximate surface area is 145 Å². The first-order valence-corrected chi connectivity index (χ1v) is 8.35. The van der Waals surface area contributed by atoms with Gasteiger partial charge in [-0.2, -0.15) is 0 Å². The average molecular weight is 377 g/mol. The zero-order chi connectivity index (χ0) is 17.0. The minimum atomic E-state index is -0.407. The van der Waals surface area contributed by atoms with Gasteiger partial charge in [-0.25, -0.2) is 4.79 Å². The van der Waals surface area contributed by atoms with E-state index in [0.29, 0.717) is 23.7 Å². The van der Waals surface area contributed by atoms with E-state index in [2.05, 4.69) is 36.7 Å². The quantitative estimate of drug-likeness (QED) is 0.531. The van der Waals surface area contributed by atoms with Crippen LogP contribution in [-0.2, 0) is 5.41 Å². The van der Waals surface area contributed by atoms with Gasteiger partial charge in [-0.3, -0.25) is 0 Å². The lowest BCUT2D eigenvalue weighted by Gasteiger charge is -2.20. The zero-order valence-corrected chi connectivity index (χ0v) is 15.4. The van der Waals surface area contributed by atoms with Crippen molar-refractivity contribution in [1.82, 2.24) is 0 Å². The molecule has 0 N–H and O–H groups in total. The van der Waals surface area contributed by atoms with Crippen molar-refractivity contribution < 1.29 is 14.3 Å². The molecule has 0 aliphatic carbocycles. The van der Waals surface area contributed by atoms with E-state index in [-0.39, 0.29) is 5.41 Å². The van der Waals surface area contributed by atoms with Crippen molar-refractivity contribution in [3.8, 4) is 11.5 Å². The molecule has 23 heavy (non-hydrogen) atoms. The molecule has 0 aliphatic rings. The Balaban J connectivity index is 2.19. The summed E-state index contributed by atoms with van der Waals surface area (Å²) >= 11 is 3.48. The molecule has 0 amide bonds. The number of hydrogen-bond acceptors (Lipinski definition) is 3. The van der Waals surface area contributed by atoms with Crippen LogP contribution < -0.4 is 9.47 Å². The van der Waals surface area contributed by atoms with Gasteiger partial charge in [0, 0.05) is 0 Å². The average Bonchev–Trinajstić information content (AvgIpc) is 2.49. The highest BCUT2D eigenvalue weighted by molar-refractivity contribution is 9.10. The van der Waals surface area contributed by atoms with Crippen LogP contribution in [-0.4, -0.2) is 12.6 Å². The van der Waals surface area contributed by atoms with Gasteiger partial charge >= 0.3 is 5.97 Å². The molecular formula is C19H21BrO3. The minimum absolute atomic E-state index is 0.0386. The Hall–Kier alpha value is -1.81. The molecule has 0 fully saturated rings. The molecule has 2 rings (SSSR count). The number of carbonyl (C=O) groups is 1. The Bertz CT molecular complexity index is 702. The van der Waals surface area contributed by atoms with Gasteiger partial charge in [0.25, 0.3) is 0 Å². The van der Waals surface area contributed by atoms with E-state index in [4.69, 9.17) is 9.47 Å². The summed E-state index contributed by atoms with van der Waals surface area (Å²) in [5.41, 5.74) is 1.67. The van der Waals surface area contributed by atoms with Crippen LogP contribution in [0, 0.1) is 0 Å². The predicted molar refractivity (Wildman–Crippen MR) is 95.4 cm³/mol. The van der Waals surface area contributed by atoms with Gasteiger partial charge in [0.1, 0.15) is 11.5 Å². The maximum Gasteiger partial charge on any atom is 0.343 e. The minimum Gasteiger partial charge on any atom is -0.494 e. The molecule has 0 radical (unpaired) electrons. The molecule has 4 heteroatoms. The van der Waals surface area contributed by atoms with E-state index in [9.17, 15) is 4.79 Å². The molecule has 0 atom stereocenters. The van der Waals surface area contributed by atoms with Crippen LogP contribution in [0.2, 0.25) is 0 Å². The summed E-state index contributed by atoms with van der Waals surface area (Å²) in [6.45, 7) is 8.87. The van der Waals surface area contributed by atoms with Crippen LogP contribution in [0.5, 0.6) is 11.5 Å². The molecule has 0 saturated carbocycles. The highest BCUT2D eigenvalue weighted by Gasteiger charge is 2.17. The molecule has 0 unspecified atom stereocenters. The maximum absolute atomic E-state index is 12.3. The number of rotatable bonds is 4. The van der Waals surface area contributed by atoms with E-state index in [1.54, 1.807) is 18.2 Å². The van der Waals surface area contributed by atoms with Gasteiger partial charge in [0.05, 0.1) is 16.6 Å².